The van der Waals surface area contributed by atoms with Gasteiger partial charge in [0, 0.05) is 19.1 Å². The molecular formula is C16H34N2. The van der Waals surface area contributed by atoms with Crippen LogP contribution in [0.15, 0.2) is 0 Å². The SMILES string of the molecule is CCCC1CCCCN1CC(C)(CCC)CNC. The molecule has 2 heteroatoms. The molecule has 0 bridgehead atoms. The maximum absolute atomic E-state index is 3.40. The lowest BCUT2D eigenvalue weighted by atomic mass is 9.83. The molecular weight excluding hydrogens is 220 g/mol. The Morgan fingerprint density at radius 3 is 2.61 bits per heavy atom. The molecule has 1 aliphatic heterocycles. The Balaban J connectivity index is 2.58. The highest BCUT2D eigenvalue weighted by Crippen LogP contribution is 2.29. The molecule has 2 unspecified atom stereocenters. The predicted octanol–water partition coefficient (Wildman–Crippen LogP) is 3.67. The summed E-state index contributed by atoms with van der Waals surface area (Å²) in [5.41, 5.74) is 0.451. The lowest BCUT2D eigenvalue weighted by molar-refractivity contribution is 0.0780. The van der Waals surface area contributed by atoms with Crippen LogP contribution >= 0.6 is 0 Å². The Morgan fingerprint density at radius 2 is 2.00 bits per heavy atom. The Labute approximate surface area is 115 Å². The highest BCUT2D eigenvalue weighted by Gasteiger charge is 2.30. The first-order valence-corrected chi connectivity index (χ1v) is 8.04. The molecule has 0 spiro atoms. The zero-order chi connectivity index (χ0) is 13.4. The molecule has 2 nitrogen and oxygen atoms in total. The van der Waals surface area contributed by atoms with Crippen molar-refractivity contribution in [1.29, 1.82) is 0 Å². The van der Waals surface area contributed by atoms with E-state index in [9.17, 15) is 0 Å². The minimum atomic E-state index is 0.451. The number of rotatable bonds is 8. The van der Waals surface area contributed by atoms with E-state index in [0.29, 0.717) is 5.41 Å². The summed E-state index contributed by atoms with van der Waals surface area (Å²) in [6, 6.07) is 0.858. The van der Waals surface area contributed by atoms with Gasteiger partial charge in [0.15, 0.2) is 0 Å². The average molecular weight is 254 g/mol. The number of nitrogens with zero attached hydrogens (tertiary/aromatic N) is 1. The van der Waals surface area contributed by atoms with Crippen molar-refractivity contribution >= 4 is 0 Å². The maximum Gasteiger partial charge on any atom is 0.00954 e. The normalized spacial score (nSPS) is 25.0. The molecule has 0 amide bonds. The third-order valence-corrected chi connectivity index (χ3v) is 4.41. The van der Waals surface area contributed by atoms with Crippen LogP contribution < -0.4 is 5.32 Å². The first kappa shape index (κ1) is 16.0. The fourth-order valence-electron chi connectivity index (χ4n) is 3.67. The largest absolute Gasteiger partial charge is 0.319 e. The second-order valence-corrected chi connectivity index (χ2v) is 6.50. The molecule has 1 aliphatic rings. The van der Waals surface area contributed by atoms with E-state index in [4.69, 9.17) is 0 Å². The van der Waals surface area contributed by atoms with Crippen molar-refractivity contribution < 1.29 is 0 Å². The van der Waals surface area contributed by atoms with Gasteiger partial charge in [-0.25, -0.2) is 0 Å². The summed E-state index contributed by atoms with van der Waals surface area (Å²) < 4.78 is 0. The van der Waals surface area contributed by atoms with Gasteiger partial charge in [-0.15, -0.1) is 0 Å². The molecule has 108 valence electrons. The van der Waals surface area contributed by atoms with Gasteiger partial charge in [-0.05, 0) is 44.7 Å². The average Bonchev–Trinajstić information content (AvgIpc) is 2.32. The van der Waals surface area contributed by atoms with Crippen LogP contribution in [-0.2, 0) is 0 Å². The van der Waals surface area contributed by atoms with Crippen LogP contribution in [0.25, 0.3) is 0 Å². The molecule has 0 aromatic rings. The third kappa shape index (κ3) is 4.89. The van der Waals surface area contributed by atoms with Gasteiger partial charge in [0.2, 0.25) is 0 Å². The van der Waals surface area contributed by atoms with Crippen molar-refractivity contribution in [2.75, 3.05) is 26.7 Å². The first-order chi connectivity index (χ1) is 8.65. The van der Waals surface area contributed by atoms with Crippen LogP contribution in [0.3, 0.4) is 0 Å². The molecule has 0 saturated carbocycles. The van der Waals surface area contributed by atoms with Crippen LogP contribution in [0, 0.1) is 5.41 Å². The monoisotopic (exact) mass is 254 g/mol. The van der Waals surface area contributed by atoms with Crippen LogP contribution in [0.5, 0.6) is 0 Å². The van der Waals surface area contributed by atoms with E-state index in [-0.39, 0.29) is 0 Å². The van der Waals surface area contributed by atoms with E-state index in [1.165, 1.54) is 58.0 Å². The van der Waals surface area contributed by atoms with Gasteiger partial charge in [-0.3, -0.25) is 4.90 Å². The van der Waals surface area contributed by atoms with Crippen molar-refractivity contribution in [3.63, 3.8) is 0 Å². The molecule has 0 aromatic carbocycles. The second kappa shape index (κ2) is 8.16. The molecule has 1 fully saturated rings. The van der Waals surface area contributed by atoms with Gasteiger partial charge in [0.25, 0.3) is 0 Å². The van der Waals surface area contributed by atoms with E-state index in [0.717, 1.165) is 12.6 Å². The number of hydrogen-bond donors (Lipinski definition) is 1. The second-order valence-electron chi connectivity index (χ2n) is 6.50. The summed E-state index contributed by atoms with van der Waals surface area (Å²) in [4.78, 5) is 2.79. The molecule has 1 rings (SSSR count). The molecule has 1 heterocycles. The summed E-state index contributed by atoms with van der Waals surface area (Å²) >= 11 is 0. The van der Waals surface area contributed by atoms with E-state index < -0.39 is 0 Å². The van der Waals surface area contributed by atoms with Gasteiger partial charge in [0.05, 0.1) is 0 Å². The Bertz CT molecular complexity index is 207. The van der Waals surface area contributed by atoms with E-state index in [2.05, 4.69) is 38.0 Å². The van der Waals surface area contributed by atoms with Crippen LogP contribution in [0.2, 0.25) is 0 Å². The quantitative estimate of drug-likeness (QED) is 0.711. The van der Waals surface area contributed by atoms with Crippen molar-refractivity contribution in [1.82, 2.24) is 10.2 Å². The van der Waals surface area contributed by atoms with Crippen LogP contribution in [0.1, 0.15) is 65.7 Å². The van der Waals surface area contributed by atoms with Crippen molar-refractivity contribution in [3.8, 4) is 0 Å². The summed E-state index contributed by atoms with van der Waals surface area (Å²) in [6.45, 7) is 10.9. The summed E-state index contributed by atoms with van der Waals surface area (Å²) in [7, 11) is 2.09. The molecule has 1 N–H and O–H groups in total. The zero-order valence-electron chi connectivity index (χ0n) is 13.1. The van der Waals surface area contributed by atoms with E-state index in [1.807, 2.05) is 0 Å². The Kier molecular flexibility index (Phi) is 7.25. The van der Waals surface area contributed by atoms with Crippen LogP contribution in [-0.4, -0.2) is 37.6 Å². The van der Waals surface area contributed by atoms with Crippen molar-refractivity contribution in [3.05, 3.63) is 0 Å². The smallest absolute Gasteiger partial charge is 0.00954 e. The lowest BCUT2D eigenvalue weighted by Crippen LogP contribution is -2.48. The van der Waals surface area contributed by atoms with Gasteiger partial charge in [-0.1, -0.05) is 40.0 Å². The van der Waals surface area contributed by atoms with Crippen molar-refractivity contribution in [2.45, 2.75) is 71.8 Å². The third-order valence-electron chi connectivity index (χ3n) is 4.41. The minimum absolute atomic E-state index is 0.451. The number of hydrogen-bond acceptors (Lipinski definition) is 2. The predicted molar refractivity (Wildman–Crippen MR) is 81.1 cm³/mol. The number of nitrogens with one attached hydrogen (secondary N) is 1. The van der Waals surface area contributed by atoms with Gasteiger partial charge in [-0.2, -0.15) is 0 Å². The minimum Gasteiger partial charge on any atom is -0.319 e. The highest BCUT2D eigenvalue weighted by atomic mass is 15.2. The summed E-state index contributed by atoms with van der Waals surface area (Å²) in [5, 5.41) is 3.40. The maximum atomic E-state index is 3.40. The molecule has 0 radical (unpaired) electrons. The van der Waals surface area contributed by atoms with E-state index >= 15 is 0 Å². The van der Waals surface area contributed by atoms with Crippen LogP contribution in [0.4, 0.5) is 0 Å². The molecule has 2 atom stereocenters. The Hall–Kier alpha value is -0.0800. The van der Waals surface area contributed by atoms with Gasteiger partial charge in [0.1, 0.15) is 0 Å². The first-order valence-electron chi connectivity index (χ1n) is 8.04. The highest BCUT2D eigenvalue weighted by molar-refractivity contribution is 4.85. The van der Waals surface area contributed by atoms with Gasteiger partial charge < -0.3 is 5.32 Å². The molecule has 0 aliphatic carbocycles. The zero-order valence-corrected chi connectivity index (χ0v) is 13.1. The topological polar surface area (TPSA) is 15.3 Å². The summed E-state index contributed by atoms with van der Waals surface area (Å²) in [5.74, 6) is 0. The van der Waals surface area contributed by atoms with E-state index in [1.54, 1.807) is 0 Å². The Morgan fingerprint density at radius 1 is 1.22 bits per heavy atom. The van der Waals surface area contributed by atoms with Gasteiger partial charge >= 0.3 is 0 Å². The fourth-order valence-corrected chi connectivity index (χ4v) is 3.67. The number of likely N-dealkylation sites (tertiary alicyclic amines) is 1. The molecule has 1 saturated heterocycles. The number of piperidine rings is 1. The fraction of sp³-hybridized carbons (Fsp3) is 1.00. The molecule has 18 heavy (non-hydrogen) atoms. The molecule has 0 aromatic heterocycles. The standard InChI is InChI=1S/C16H34N2/c1-5-9-15-10-7-8-12-18(15)14-16(3,11-6-2)13-17-4/h15,17H,5-14H2,1-4H3. The van der Waals surface area contributed by atoms with Crippen molar-refractivity contribution in [2.24, 2.45) is 5.41 Å². The lowest BCUT2D eigenvalue weighted by Gasteiger charge is -2.42. The summed E-state index contributed by atoms with van der Waals surface area (Å²) in [6.07, 6.45) is 9.63.